The molecule has 0 rings (SSSR count). The van der Waals surface area contributed by atoms with Gasteiger partial charge in [0, 0.05) is 19.3 Å². The van der Waals surface area contributed by atoms with Gasteiger partial charge in [-0.15, -0.1) is 0 Å². The van der Waals surface area contributed by atoms with Crippen molar-refractivity contribution in [3.63, 3.8) is 0 Å². The maximum atomic E-state index is 12.9. The molecule has 0 aromatic carbocycles. The molecule has 0 aliphatic rings. The lowest BCUT2D eigenvalue weighted by Crippen LogP contribution is -2.30. The molecule has 0 radical (unpaired) electrons. The van der Waals surface area contributed by atoms with Crippen LogP contribution in [0, 0.1) is 0 Å². The molecular formula is C73H132O6. The minimum atomic E-state index is -0.774. The molecule has 460 valence electrons. The zero-order valence-electron chi connectivity index (χ0n) is 52.9. The molecule has 0 fully saturated rings. The Labute approximate surface area is 491 Å². The van der Waals surface area contributed by atoms with Gasteiger partial charge in [-0.25, -0.2) is 0 Å². The Morgan fingerprint density at radius 1 is 0.266 bits per heavy atom. The summed E-state index contributed by atoms with van der Waals surface area (Å²) in [5.41, 5.74) is 0. The molecule has 6 nitrogen and oxygen atoms in total. The van der Waals surface area contributed by atoms with E-state index in [1.807, 2.05) is 0 Å². The van der Waals surface area contributed by atoms with Crippen LogP contribution in [0.15, 0.2) is 60.8 Å². The summed E-state index contributed by atoms with van der Waals surface area (Å²) in [6.07, 6.45) is 86.8. The number of hydrogen-bond acceptors (Lipinski definition) is 6. The highest BCUT2D eigenvalue weighted by Gasteiger charge is 2.19. The van der Waals surface area contributed by atoms with Crippen LogP contribution in [0.25, 0.3) is 0 Å². The molecule has 1 atom stereocenters. The van der Waals surface area contributed by atoms with Gasteiger partial charge in [-0.2, -0.15) is 0 Å². The SMILES string of the molecule is CC/C=C\C/C=C\C/C=C\C/C=C\CCCCCCCCCCCCCCCCCCCCC(=O)OCC(COC(=O)CCCCCCC/C=C\CCCCC)OC(=O)CCCCCCCCCCCCCCCCCCCC. The van der Waals surface area contributed by atoms with E-state index in [9.17, 15) is 14.4 Å². The van der Waals surface area contributed by atoms with E-state index in [-0.39, 0.29) is 31.1 Å². The quantitative estimate of drug-likeness (QED) is 0.0261. The fourth-order valence-electron chi connectivity index (χ4n) is 10.3. The van der Waals surface area contributed by atoms with Crippen molar-refractivity contribution in [2.45, 2.75) is 374 Å². The average Bonchev–Trinajstić information content (AvgIpc) is 3.45. The Hall–Kier alpha value is -2.89. The van der Waals surface area contributed by atoms with Gasteiger partial charge in [0.2, 0.25) is 0 Å². The van der Waals surface area contributed by atoms with Crippen molar-refractivity contribution < 1.29 is 28.6 Å². The number of carbonyl (C=O) groups excluding carboxylic acids is 3. The lowest BCUT2D eigenvalue weighted by molar-refractivity contribution is -0.167. The largest absolute Gasteiger partial charge is 0.462 e. The van der Waals surface area contributed by atoms with Crippen LogP contribution in [0.5, 0.6) is 0 Å². The van der Waals surface area contributed by atoms with Gasteiger partial charge >= 0.3 is 17.9 Å². The summed E-state index contributed by atoms with van der Waals surface area (Å²) in [6.45, 7) is 6.56. The van der Waals surface area contributed by atoms with E-state index in [0.29, 0.717) is 19.3 Å². The van der Waals surface area contributed by atoms with Gasteiger partial charge in [0.05, 0.1) is 0 Å². The van der Waals surface area contributed by atoms with Gasteiger partial charge in [-0.1, -0.05) is 326 Å². The Morgan fingerprint density at radius 3 is 0.810 bits per heavy atom. The van der Waals surface area contributed by atoms with Crippen molar-refractivity contribution >= 4 is 17.9 Å². The van der Waals surface area contributed by atoms with Crippen molar-refractivity contribution in [2.24, 2.45) is 0 Å². The molecule has 0 spiro atoms. The first-order chi connectivity index (χ1) is 39.0. The van der Waals surface area contributed by atoms with Gasteiger partial charge in [0.25, 0.3) is 0 Å². The standard InChI is InChI=1S/C73H132O6/c1-4-7-10-13-16-19-22-25-27-29-31-32-33-34-35-36-37-38-39-40-41-42-43-45-46-48-51-54-57-60-63-66-72(75)78-69-70(68-77-71(74)65-62-59-56-53-50-24-21-18-15-12-9-6-3)79-73(76)67-64-61-58-55-52-49-47-44-30-28-26-23-20-17-14-11-8-5-2/h7,10,16,18-19,21,25,27,31-32,70H,4-6,8-9,11-15,17,20,22-24,26,28-30,33-69H2,1-3H3/b10-7-,19-16-,21-18-,27-25-,32-31-. The van der Waals surface area contributed by atoms with E-state index in [2.05, 4.69) is 81.5 Å². The molecule has 1 unspecified atom stereocenters. The molecule has 0 N–H and O–H groups in total. The Kier molecular flexibility index (Phi) is 65.1. The van der Waals surface area contributed by atoms with Crippen molar-refractivity contribution in [1.82, 2.24) is 0 Å². The first-order valence-electron chi connectivity index (χ1n) is 34.8. The number of esters is 3. The molecule has 0 heterocycles. The highest BCUT2D eigenvalue weighted by atomic mass is 16.6. The van der Waals surface area contributed by atoms with Gasteiger partial charge in [-0.3, -0.25) is 14.4 Å². The molecule has 0 aromatic rings. The molecule has 0 saturated heterocycles. The van der Waals surface area contributed by atoms with Crippen molar-refractivity contribution in [1.29, 1.82) is 0 Å². The maximum absolute atomic E-state index is 12.9. The molecule has 0 aliphatic heterocycles. The molecule has 0 amide bonds. The van der Waals surface area contributed by atoms with Crippen LogP contribution < -0.4 is 0 Å². The van der Waals surface area contributed by atoms with Crippen LogP contribution in [0.4, 0.5) is 0 Å². The summed E-state index contributed by atoms with van der Waals surface area (Å²) in [7, 11) is 0. The predicted molar refractivity (Wildman–Crippen MR) is 344 cm³/mol. The predicted octanol–water partition coefficient (Wildman–Crippen LogP) is 23.9. The van der Waals surface area contributed by atoms with Gasteiger partial charge in [0.15, 0.2) is 6.10 Å². The topological polar surface area (TPSA) is 78.9 Å². The highest BCUT2D eigenvalue weighted by molar-refractivity contribution is 5.71. The van der Waals surface area contributed by atoms with Crippen LogP contribution in [0.1, 0.15) is 367 Å². The molecular weight excluding hydrogens is 973 g/mol. The smallest absolute Gasteiger partial charge is 0.306 e. The van der Waals surface area contributed by atoms with Crippen LogP contribution in [0.2, 0.25) is 0 Å². The third-order valence-electron chi connectivity index (χ3n) is 15.5. The van der Waals surface area contributed by atoms with Gasteiger partial charge < -0.3 is 14.2 Å². The summed E-state index contributed by atoms with van der Waals surface area (Å²) in [4.78, 5) is 38.3. The summed E-state index contributed by atoms with van der Waals surface area (Å²) >= 11 is 0. The minimum Gasteiger partial charge on any atom is -0.462 e. The van der Waals surface area contributed by atoms with Crippen molar-refractivity contribution in [2.75, 3.05) is 13.2 Å². The molecule has 0 aliphatic carbocycles. The van der Waals surface area contributed by atoms with E-state index in [4.69, 9.17) is 14.2 Å². The van der Waals surface area contributed by atoms with Crippen LogP contribution in [0.3, 0.4) is 0 Å². The normalized spacial score (nSPS) is 12.4. The van der Waals surface area contributed by atoms with Crippen LogP contribution in [-0.4, -0.2) is 37.2 Å². The van der Waals surface area contributed by atoms with E-state index in [1.165, 1.54) is 238 Å². The summed E-state index contributed by atoms with van der Waals surface area (Å²) in [5, 5.41) is 0. The molecule has 0 bridgehead atoms. The van der Waals surface area contributed by atoms with Crippen molar-refractivity contribution in [3.05, 3.63) is 60.8 Å². The number of rotatable bonds is 64. The number of carbonyl (C=O) groups is 3. The zero-order valence-corrected chi connectivity index (χ0v) is 52.9. The number of unbranched alkanes of at least 4 members (excludes halogenated alkanes) is 43. The van der Waals surface area contributed by atoms with Crippen LogP contribution in [-0.2, 0) is 28.6 Å². The number of hydrogen-bond donors (Lipinski definition) is 0. The summed E-state index contributed by atoms with van der Waals surface area (Å²) in [5.74, 6) is -0.855. The third-order valence-corrected chi connectivity index (χ3v) is 15.5. The molecule has 0 aromatic heterocycles. The average molecular weight is 1110 g/mol. The fraction of sp³-hybridized carbons (Fsp3) is 0.822. The van der Waals surface area contributed by atoms with Crippen molar-refractivity contribution in [3.8, 4) is 0 Å². The minimum absolute atomic E-state index is 0.0708. The van der Waals surface area contributed by atoms with E-state index in [0.717, 1.165) is 89.9 Å². The second-order valence-corrected chi connectivity index (χ2v) is 23.4. The molecule has 0 saturated carbocycles. The monoisotopic (exact) mass is 1110 g/mol. The first-order valence-corrected chi connectivity index (χ1v) is 34.8. The van der Waals surface area contributed by atoms with E-state index in [1.54, 1.807) is 0 Å². The first kappa shape index (κ1) is 76.1. The summed E-state index contributed by atoms with van der Waals surface area (Å²) < 4.78 is 17.0. The van der Waals surface area contributed by atoms with Gasteiger partial charge in [-0.05, 0) is 83.5 Å². The Balaban J connectivity index is 4.14. The van der Waals surface area contributed by atoms with E-state index < -0.39 is 6.10 Å². The second-order valence-electron chi connectivity index (χ2n) is 23.4. The van der Waals surface area contributed by atoms with Crippen LogP contribution >= 0.6 is 0 Å². The Bertz CT molecular complexity index is 1410. The number of ether oxygens (including phenoxy) is 3. The lowest BCUT2D eigenvalue weighted by atomic mass is 10.0. The van der Waals surface area contributed by atoms with E-state index >= 15 is 0 Å². The molecule has 79 heavy (non-hydrogen) atoms. The second kappa shape index (κ2) is 67.6. The third kappa shape index (κ3) is 65.8. The number of allylic oxidation sites excluding steroid dienone is 10. The lowest BCUT2D eigenvalue weighted by Gasteiger charge is -2.18. The fourth-order valence-corrected chi connectivity index (χ4v) is 10.3. The molecule has 6 heteroatoms. The zero-order chi connectivity index (χ0) is 57.1. The Morgan fingerprint density at radius 2 is 0.494 bits per heavy atom. The summed E-state index contributed by atoms with van der Waals surface area (Å²) in [6, 6.07) is 0. The maximum Gasteiger partial charge on any atom is 0.306 e. The highest BCUT2D eigenvalue weighted by Crippen LogP contribution is 2.18. The van der Waals surface area contributed by atoms with Gasteiger partial charge in [0.1, 0.15) is 13.2 Å².